The molecule has 2 aromatic rings. The summed E-state index contributed by atoms with van der Waals surface area (Å²) in [7, 11) is 1.49. The van der Waals surface area contributed by atoms with E-state index in [0.717, 1.165) is 0 Å². The molecule has 2 amide bonds. The Labute approximate surface area is 126 Å². The largest absolute Gasteiger partial charge is 0.497 e. The molecular formula is C14H15N3O5. The van der Waals surface area contributed by atoms with Gasteiger partial charge in [-0.25, -0.2) is 0 Å². The maximum atomic E-state index is 12.1. The first kappa shape index (κ1) is 15.5. The molecule has 1 heterocycles. The van der Waals surface area contributed by atoms with Crippen molar-refractivity contribution in [3.63, 3.8) is 0 Å². The number of benzene rings is 1. The summed E-state index contributed by atoms with van der Waals surface area (Å²) in [6.45, 7) is -0.556. The second kappa shape index (κ2) is 7.23. The zero-order valence-electron chi connectivity index (χ0n) is 11.8. The van der Waals surface area contributed by atoms with Gasteiger partial charge in [0, 0.05) is 11.6 Å². The Hall–Kier alpha value is -2.87. The first-order chi connectivity index (χ1) is 10.6. The van der Waals surface area contributed by atoms with E-state index < -0.39 is 24.5 Å². The topological polar surface area (TPSA) is 114 Å². The number of carbonyl (C=O) groups is 2. The molecule has 0 aliphatic heterocycles. The molecule has 1 unspecified atom stereocenters. The van der Waals surface area contributed by atoms with Crippen molar-refractivity contribution < 1.29 is 24.0 Å². The van der Waals surface area contributed by atoms with Gasteiger partial charge in [0.15, 0.2) is 5.82 Å². The molecule has 0 bridgehead atoms. The van der Waals surface area contributed by atoms with E-state index in [2.05, 4.69) is 20.3 Å². The monoisotopic (exact) mass is 305 g/mol. The van der Waals surface area contributed by atoms with Gasteiger partial charge in [-0.1, -0.05) is 11.2 Å². The van der Waals surface area contributed by atoms with Gasteiger partial charge in [0.25, 0.3) is 11.8 Å². The molecule has 8 nitrogen and oxygen atoms in total. The van der Waals surface area contributed by atoms with E-state index >= 15 is 0 Å². The van der Waals surface area contributed by atoms with Crippen LogP contribution in [0.25, 0.3) is 0 Å². The Kier molecular flexibility index (Phi) is 5.10. The van der Waals surface area contributed by atoms with Crippen LogP contribution in [0.1, 0.15) is 10.4 Å². The predicted octanol–water partition coefficient (Wildman–Crippen LogP) is 0.413. The van der Waals surface area contributed by atoms with Crippen molar-refractivity contribution in [2.24, 2.45) is 0 Å². The highest BCUT2D eigenvalue weighted by Gasteiger charge is 2.21. The maximum Gasteiger partial charge on any atom is 0.252 e. The number of amides is 2. The quantitative estimate of drug-likeness (QED) is 0.712. The van der Waals surface area contributed by atoms with Gasteiger partial charge in [0.2, 0.25) is 0 Å². The highest BCUT2D eigenvalue weighted by molar-refractivity contribution is 6.01. The predicted molar refractivity (Wildman–Crippen MR) is 76.5 cm³/mol. The molecule has 0 aliphatic carbocycles. The van der Waals surface area contributed by atoms with Crippen LogP contribution in [0.5, 0.6) is 5.75 Å². The summed E-state index contributed by atoms with van der Waals surface area (Å²) >= 11 is 0. The Morgan fingerprint density at radius 3 is 2.86 bits per heavy atom. The molecule has 116 valence electrons. The average molecular weight is 305 g/mol. The van der Waals surface area contributed by atoms with Crippen LogP contribution in [0.2, 0.25) is 0 Å². The Balaban J connectivity index is 2.02. The summed E-state index contributed by atoms with van der Waals surface area (Å²) in [4.78, 5) is 24.0. The summed E-state index contributed by atoms with van der Waals surface area (Å²) in [5, 5.41) is 17.6. The zero-order valence-corrected chi connectivity index (χ0v) is 11.8. The number of anilines is 1. The fraction of sp³-hybridized carbons (Fsp3) is 0.214. The fourth-order valence-electron chi connectivity index (χ4n) is 1.69. The number of ether oxygens (including phenoxy) is 1. The number of hydrogen-bond donors (Lipinski definition) is 3. The number of aromatic nitrogens is 1. The lowest BCUT2D eigenvalue weighted by Gasteiger charge is -2.15. The summed E-state index contributed by atoms with van der Waals surface area (Å²) in [6.07, 6.45) is 1.29. The lowest BCUT2D eigenvalue weighted by molar-refractivity contribution is -0.118. The summed E-state index contributed by atoms with van der Waals surface area (Å²) in [5.74, 6) is -0.403. The molecule has 22 heavy (non-hydrogen) atoms. The van der Waals surface area contributed by atoms with Crippen molar-refractivity contribution in [3.8, 4) is 5.75 Å². The zero-order chi connectivity index (χ0) is 15.9. The van der Waals surface area contributed by atoms with E-state index in [0.29, 0.717) is 11.3 Å². The third-order valence-corrected chi connectivity index (χ3v) is 2.83. The van der Waals surface area contributed by atoms with Crippen molar-refractivity contribution in [3.05, 3.63) is 42.2 Å². The molecule has 0 fully saturated rings. The highest BCUT2D eigenvalue weighted by atomic mass is 16.5. The van der Waals surface area contributed by atoms with Crippen molar-refractivity contribution in [1.82, 2.24) is 10.5 Å². The molecular weight excluding hydrogens is 290 g/mol. The van der Waals surface area contributed by atoms with Gasteiger partial charge in [-0.15, -0.1) is 0 Å². The lowest BCUT2D eigenvalue weighted by atomic mass is 10.2. The molecule has 1 atom stereocenters. The molecule has 8 heteroatoms. The molecule has 0 radical (unpaired) electrons. The molecule has 0 saturated carbocycles. The molecule has 0 spiro atoms. The molecule has 0 aliphatic rings. The minimum atomic E-state index is -1.12. The van der Waals surface area contributed by atoms with E-state index in [9.17, 15) is 14.7 Å². The lowest BCUT2D eigenvalue weighted by Crippen LogP contribution is -2.46. The van der Waals surface area contributed by atoms with Crippen molar-refractivity contribution in [2.75, 3.05) is 19.0 Å². The smallest absolute Gasteiger partial charge is 0.252 e. The highest BCUT2D eigenvalue weighted by Crippen LogP contribution is 2.12. The molecule has 1 aromatic carbocycles. The van der Waals surface area contributed by atoms with Crippen LogP contribution in [0.15, 0.2) is 41.1 Å². The fourth-order valence-corrected chi connectivity index (χ4v) is 1.69. The van der Waals surface area contributed by atoms with Crippen molar-refractivity contribution >= 4 is 17.6 Å². The van der Waals surface area contributed by atoms with Crippen LogP contribution in [0.3, 0.4) is 0 Å². The number of carbonyl (C=O) groups excluding carboxylic acids is 2. The molecule has 2 rings (SSSR count). The van der Waals surface area contributed by atoms with E-state index in [1.807, 2.05) is 0 Å². The van der Waals surface area contributed by atoms with E-state index in [1.54, 1.807) is 18.2 Å². The third kappa shape index (κ3) is 3.83. The van der Waals surface area contributed by atoms with E-state index in [-0.39, 0.29) is 5.82 Å². The van der Waals surface area contributed by atoms with Gasteiger partial charge in [0.1, 0.15) is 18.1 Å². The first-order valence-electron chi connectivity index (χ1n) is 6.41. The van der Waals surface area contributed by atoms with Gasteiger partial charge in [-0.3, -0.25) is 9.59 Å². The van der Waals surface area contributed by atoms with Crippen LogP contribution in [0, 0.1) is 0 Å². The van der Waals surface area contributed by atoms with Crippen LogP contribution < -0.4 is 15.4 Å². The minimum absolute atomic E-state index is 0.194. The summed E-state index contributed by atoms with van der Waals surface area (Å²) < 4.78 is 9.60. The van der Waals surface area contributed by atoms with E-state index in [4.69, 9.17) is 4.74 Å². The Morgan fingerprint density at radius 2 is 2.23 bits per heavy atom. The third-order valence-electron chi connectivity index (χ3n) is 2.83. The van der Waals surface area contributed by atoms with Crippen LogP contribution in [-0.2, 0) is 4.79 Å². The maximum absolute atomic E-state index is 12.1. The Morgan fingerprint density at radius 1 is 1.41 bits per heavy atom. The standard InChI is InChI=1S/C14H15N3O5/c1-21-10-4-2-3-9(7-10)13(19)15-11(8-18)14(20)16-12-5-6-22-17-12/h2-7,11,18H,8H2,1H3,(H,15,19)(H,16,17,20). The van der Waals surface area contributed by atoms with Gasteiger partial charge in [0.05, 0.1) is 13.7 Å². The second-order valence-corrected chi connectivity index (χ2v) is 4.31. The van der Waals surface area contributed by atoms with Crippen LogP contribution in [-0.4, -0.2) is 41.8 Å². The number of aliphatic hydroxyl groups excluding tert-OH is 1. The van der Waals surface area contributed by atoms with Gasteiger partial charge in [-0.2, -0.15) is 0 Å². The number of aliphatic hydroxyl groups is 1. The van der Waals surface area contributed by atoms with Gasteiger partial charge in [-0.05, 0) is 18.2 Å². The molecule has 1 aromatic heterocycles. The van der Waals surface area contributed by atoms with Crippen molar-refractivity contribution in [2.45, 2.75) is 6.04 Å². The number of hydrogen-bond acceptors (Lipinski definition) is 6. The number of methoxy groups -OCH3 is 1. The normalized spacial score (nSPS) is 11.5. The summed E-state index contributed by atoms with van der Waals surface area (Å²) in [6, 6.07) is 6.77. The Bertz CT molecular complexity index is 642. The average Bonchev–Trinajstić information content (AvgIpc) is 3.05. The minimum Gasteiger partial charge on any atom is -0.497 e. The summed E-state index contributed by atoms with van der Waals surface area (Å²) in [5.41, 5.74) is 0.312. The number of nitrogens with one attached hydrogen (secondary N) is 2. The SMILES string of the molecule is COc1cccc(C(=O)NC(CO)C(=O)Nc2ccon2)c1. The molecule has 0 saturated heterocycles. The van der Waals surface area contributed by atoms with Gasteiger partial charge < -0.3 is 25.0 Å². The van der Waals surface area contributed by atoms with Crippen LogP contribution >= 0.6 is 0 Å². The van der Waals surface area contributed by atoms with Crippen LogP contribution in [0.4, 0.5) is 5.82 Å². The first-order valence-corrected chi connectivity index (χ1v) is 6.41. The van der Waals surface area contributed by atoms with Crippen molar-refractivity contribution in [1.29, 1.82) is 0 Å². The molecule has 3 N–H and O–H groups in total. The number of rotatable bonds is 6. The second-order valence-electron chi connectivity index (χ2n) is 4.31. The van der Waals surface area contributed by atoms with Gasteiger partial charge >= 0.3 is 0 Å². The number of nitrogens with zero attached hydrogens (tertiary/aromatic N) is 1. The van der Waals surface area contributed by atoms with E-state index in [1.165, 1.54) is 25.5 Å².